The van der Waals surface area contributed by atoms with E-state index >= 15 is 0 Å². The fraction of sp³-hybridized carbons (Fsp3) is 0.458. The Morgan fingerprint density at radius 3 is 2.50 bits per heavy atom. The highest BCUT2D eigenvalue weighted by Gasteiger charge is 2.28. The van der Waals surface area contributed by atoms with E-state index in [9.17, 15) is 9.59 Å². The van der Waals surface area contributed by atoms with Gasteiger partial charge in [0.05, 0.1) is 17.9 Å². The van der Waals surface area contributed by atoms with E-state index in [1.165, 1.54) is 34.0 Å². The van der Waals surface area contributed by atoms with E-state index in [1.807, 2.05) is 20.8 Å². The Morgan fingerprint density at radius 2 is 1.78 bits per heavy atom. The van der Waals surface area contributed by atoms with Crippen molar-refractivity contribution in [2.24, 2.45) is 0 Å². The molecule has 0 saturated heterocycles. The number of carbonyl (C=O) groups is 2. The van der Waals surface area contributed by atoms with Gasteiger partial charge in [0.2, 0.25) is 0 Å². The second-order valence-corrected chi connectivity index (χ2v) is 10.4. The molecule has 3 aromatic rings. The van der Waals surface area contributed by atoms with Crippen LogP contribution in [0, 0.1) is 20.8 Å². The number of fused-ring (bicyclic) bond motifs is 2. The second kappa shape index (κ2) is 9.19. The van der Waals surface area contributed by atoms with Gasteiger partial charge in [0.25, 0.3) is 5.91 Å². The van der Waals surface area contributed by atoms with Crippen LogP contribution in [0.5, 0.6) is 0 Å². The van der Waals surface area contributed by atoms with Crippen LogP contribution >= 0.6 is 22.7 Å². The number of nitrogens with two attached hydrogens (primary N) is 1. The van der Waals surface area contributed by atoms with Crippen molar-refractivity contribution in [2.45, 2.75) is 66.2 Å². The van der Waals surface area contributed by atoms with Crippen LogP contribution in [0.1, 0.15) is 79.9 Å². The van der Waals surface area contributed by atoms with Crippen molar-refractivity contribution in [3.63, 3.8) is 0 Å². The first-order valence-electron chi connectivity index (χ1n) is 11.1. The van der Waals surface area contributed by atoms with E-state index in [0.29, 0.717) is 27.7 Å². The molecular formula is C24H29N3O3S2. The predicted molar refractivity (Wildman–Crippen MR) is 132 cm³/mol. The molecule has 0 aliphatic heterocycles. The van der Waals surface area contributed by atoms with Crippen molar-refractivity contribution in [3.8, 4) is 0 Å². The van der Waals surface area contributed by atoms with Crippen LogP contribution in [0.4, 0.5) is 10.7 Å². The minimum absolute atomic E-state index is 0.295. The maximum atomic E-state index is 13.3. The van der Waals surface area contributed by atoms with Crippen LogP contribution in [0.3, 0.4) is 0 Å². The van der Waals surface area contributed by atoms with Crippen molar-refractivity contribution in [1.82, 2.24) is 4.98 Å². The maximum Gasteiger partial charge on any atom is 0.341 e. The van der Waals surface area contributed by atoms with Crippen LogP contribution < -0.4 is 11.1 Å². The number of pyridine rings is 1. The maximum absolute atomic E-state index is 13.3. The Balaban J connectivity index is 1.75. The zero-order valence-corrected chi connectivity index (χ0v) is 20.6. The second-order valence-electron chi connectivity index (χ2n) is 8.27. The van der Waals surface area contributed by atoms with Crippen LogP contribution in [0.15, 0.2) is 0 Å². The Labute approximate surface area is 196 Å². The van der Waals surface area contributed by atoms with Gasteiger partial charge in [0.15, 0.2) is 0 Å². The number of ether oxygens (including phenoxy) is 1. The summed E-state index contributed by atoms with van der Waals surface area (Å²) in [7, 11) is 0. The molecule has 0 bridgehead atoms. The van der Waals surface area contributed by atoms with Gasteiger partial charge < -0.3 is 15.8 Å². The summed E-state index contributed by atoms with van der Waals surface area (Å²) in [5.74, 6) is -0.672. The normalized spacial score (nSPS) is 14.0. The summed E-state index contributed by atoms with van der Waals surface area (Å²) in [5, 5.41) is 4.40. The lowest BCUT2D eigenvalue weighted by Gasteiger charge is -2.11. The molecule has 170 valence electrons. The molecule has 32 heavy (non-hydrogen) atoms. The summed E-state index contributed by atoms with van der Waals surface area (Å²) in [6.07, 6.45) is 6.24. The van der Waals surface area contributed by atoms with Crippen molar-refractivity contribution < 1.29 is 14.3 Å². The fourth-order valence-electron chi connectivity index (χ4n) is 4.32. The summed E-state index contributed by atoms with van der Waals surface area (Å²) in [6.45, 7) is 8.08. The third-order valence-corrected chi connectivity index (χ3v) is 8.57. The van der Waals surface area contributed by atoms with Gasteiger partial charge in [0.1, 0.15) is 14.7 Å². The molecule has 0 aromatic carbocycles. The highest BCUT2D eigenvalue weighted by Crippen LogP contribution is 2.40. The summed E-state index contributed by atoms with van der Waals surface area (Å²) >= 11 is 2.79. The predicted octanol–water partition coefficient (Wildman–Crippen LogP) is 5.95. The van der Waals surface area contributed by atoms with Crippen molar-refractivity contribution in [2.75, 3.05) is 17.7 Å². The lowest BCUT2D eigenvalue weighted by atomic mass is 9.96. The molecule has 0 unspecified atom stereocenters. The molecule has 0 radical (unpaired) electrons. The monoisotopic (exact) mass is 471 g/mol. The Kier molecular flexibility index (Phi) is 6.53. The Hall–Kier alpha value is -2.45. The molecule has 8 heteroatoms. The molecule has 4 rings (SSSR count). The number of rotatable bonds is 4. The first-order valence-corrected chi connectivity index (χ1v) is 12.8. The average molecular weight is 472 g/mol. The number of nitrogen functional groups attached to an aromatic ring is 1. The van der Waals surface area contributed by atoms with Crippen molar-refractivity contribution in [1.29, 1.82) is 0 Å². The SMILES string of the molecule is CCOC(=O)c1c(NC(=O)c2sc3nc(C)c(C)c(C)c3c2N)sc2c1CCCCCC2. The first-order chi connectivity index (χ1) is 15.3. The van der Waals surface area contributed by atoms with Gasteiger partial charge in [-0.05, 0) is 70.1 Å². The number of aromatic nitrogens is 1. The van der Waals surface area contributed by atoms with E-state index in [0.717, 1.165) is 64.7 Å². The van der Waals surface area contributed by atoms with Crippen LogP contribution in [-0.4, -0.2) is 23.5 Å². The van der Waals surface area contributed by atoms with E-state index in [-0.39, 0.29) is 11.9 Å². The van der Waals surface area contributed by atoms with Gasteiger partial charge >= 0.3 is 5.97 Å². The van der Waals surface area contributed by atoms with E-state index in [2.05, 4.69) is 10.3 Å². The number of amides is 1. The number of carbonyl (C=O) groups excluding carboxylic acids is 2. The van der Waals surface area contributed by atoms with Gasteiger partial charge in [0, 0.05) is 16.0 Å². The van der Waals surface area contributed by atoms with Gasteiger partial charge in [-0.25, -0.2) is 9.78 Å². The smallest absolute Gasteiger partial charge is 0.341 e. The van der Waals surface area contributed by atoms with Crippen molar-refractivity contribution >= 4 is 55.5 Å². The number of thiophene rings is 2. The summed E-state index contributed by atoms with van der Waals surface area (Å²) in [4.78, 5) is 33.2. The van der Waals surface area contributed by atoms with Crippen molar-refractivity contribution in [3.05, 3.63) is 37.7 Å². The fourth-order valence-corrected chi connectivity index (χ4v) is 6.69. The summed E-state index contributed by atoms with van der Waals surface area (Å²) in [6, 6.07) is 0. The van der Waals surface area contributed by atoms with Crippen LogP contribution in [0.2, 0.25) is 0 Å². The zero-order valence-electron chi connectivity index (χ0n) is 19.0. The minimum Gasteiger partial charge on any atom is -0.462 e. The first kappa shape index (κ1) is 22.7. The molecule has 3 aromatic heterocycles. The molecule has 0 fully saturated rings. The molecular weight excluding hydrogens is 442 g/mol. The standard InChI is InChI=1S/C24H29N3O3S2/c1-5-30-24(29)18-15-10-8-6-7-9-11-16(15)31-23(18)27-21(28)20-19(25)17-13(3)12(2)14(4)26-22(17)32-20/h5-11,25H2,1-4H3,(H,27,28). The van der Waals surface area contributed by atoms with Gasteiger partial charge in [-0.2, -0.15) is 0 Å². The highest BCUT2D eigenvalue weighted by atomic mass is 32.1. The lowest BCUT2D eigenvalue weighted by Crippen LogP contribution is -2.15. The third kappa shape index (κ3) is 4.01. The molecule has 0 spiro atoms. The lowest BCUT2D eigenvalue weighted by molar-refractivity contribution is 0.0526. The average Bonchev–Trinajstić information content (AvgIpc) is 3.23. The molecule has 0 atom stereocenters. The number of anilines is 2. The molecule has 3 N–H and O–H groups in total. The molecule has 1 aliphatic rings. The molecule has 0 saturated carbocycles. The zero-order chi connectivity index (χ0) is 23.0. The number of nitrogens with zero attached hydrogens (tertiary/aromatic N) is 1. The quantitative estimate of drug-likeness (QED) is 0.458. The molecule has 6 nitrogen and oxygen atoms in total. The summed E-state index contributed by atoms with van der Waals surface area (Å²) in [5.41, 5.74) is 11.5. The number of aryl methyl sites for hydroxylation is 3. The topological polar surface area (TPSA) is 94.3 Å². The van der Waals surface area contributed by atoms with Gasteiger partial charge in [-0.1, -0.05) is 12.8 Å². The Bertz CT molecular complexity index is 1210. The largest absolute Gasteiger partial charge is 0.462 e. The number of esters is 1. The minimum atomic E-state index is -0.367. The van der Waals surface area contributed by atoms with Crippen LogP contribution in [0.25, 0.3) is 10.2 Å². The Morgan fingerprint density at radius 1 is 1.06 bits per heavy atom. The van der Waals surface area contributed by atoms with E-state index < -0.39 is 0 Å². The molecule has 1 amide bonds. The molecule has 1 aliphatic carbocycles. The third-order valence-electron chi connectivity index (χ3n) is 6.26. The number of hydrogen-bond donors (Lipinski definition) is 2. The van der Waals surface area contributed by atoms with Gasteiger partial charge in [-0.3, -0.25) is 4.79 Å². The van der Waals surface area contributed by atoms with E-state index in [1.54, 1.807) is 6.92 Å². The number of hydrogen-bond acceptors (Lipinski definition) is 7. The number of nitrogens with one attached hydrogen (secondary N) is 1. The summed E-state index contributed by atoms with van der Waals surface area (Å²) < 4.78 is 5.35. The van der Waals surface area contributed by atoms with E-state index in [4.69, 9.17) is 10.5 Å². The van der Waals surface area contributed by atoms with Gasteiger partial charge in [-0.15, -0.1) is 22.7 Å². The van der Waals surface area contributed by atoms with Crippen LogP contribution in [-0.2, 0) is 17.6 Å². The highest BCUT2D eigenvalue weighted by molar-refractivity contribution is 7.21. The molecule has 3 heterocycles.